The van der Waals surface area contributed by atoms with Crippen LogP contribution in [0.4, 0.5) is 0 Å². The monoisotopic (exact) mass is 281 g/mol. The Morgan fingerprint density at radius 3 is 2.65 bits per heavy atom. The predicted octanol–water partition coefficient (Wildman–Crippen LogP) is 2.57. The summed E-state index contributed by atoms with van der Waals surface area (Å²) >= 11 is 0. The largest absolute Gasteiger partial charge is 0.317 e. The van der Waals surface area contributed by atoms with Crippen LogP contribution < -0.4 is 5.32 Å². The topological polar surface area (TPSA) is 18.5 Å². The van der Waals surface area contributed by atoms with Crippen LogP contribution in [0.3, 0.4) is 0 Å². The number of likely N-dealkylation sites (tertiary alicyclic amines) is 1. The van der Waals surface area contributed by atoms with E-state index in [1.165, 1.54) is 77.8 Å². The first-order valence-corrected chi connectivity index (χ1v) is 8.82. The number of hydrogen-bond donors (Lipinski definition) is 1. The van der Waals surface area contributed by atoms with Crippen LogP contribution in [0.1, 0.15) is 52.4 Å². The fourth-order valence-electron chi connectivity index (χ4n) is 4.49. The molecule has 0 aromatic rings. The summed E-state index contributed by atoms with van der Waals surface area (Å²) in [5, 5.41) is 3.53. The highest BCUT2D eigenvalue weighted by Gasteiger charge is 2.33. The highest BCUT2D eigenvalue weighted by molar-refractivity contribution is 4.88. The normalized spacial score (nSPS) is 27.3. The minimum Gasteiger partial charge on any atom is -0.317 e. The van der Waals surface area contributed by atoms with Crippen LogP contribution in [0.15, 0.2) is 0 Å². The second-order valence-corrected chi connectivity index (χ2v) is 7.12. The maximum Gasteiger partial charge on any atom is 0.0223 e. The average molecular weight is 281 g/mol. The number of nitrogens with one attached hydrogen (secondary N) is 1. The van der Waals surface area contributed by atoms with Crippen molar-refractivity contribution in [3.05, 3.63) is 0 Å². The number of rotatable bonds is 7. The zero-order valence-electron chi connectivity index (χ0n) is 14.0. The minimum atomic E-state index is 0.588. The summed E-state index contributed by atoms with van der Waals surface area (Å²) in [6.07, 6.45) is 8.27. The first kappa shape index (κ1) is 16.3. The van der Waals surface area contributed by atoms with E-state index in [9.17, 15) is 0 Å². The van der Waals surface area contributed by atoms with Gasteiger partial charge in [-0.05, 0) is 70.7 Å². The lowest BCUT2D eigenvalue weighted by Crippen LogP contribution is -2.47. The van der Waals surface area contributed by atoms with Crippen LogP contribution in [0, 0.1) is 5.41 Å². The molecule has 2 aliphatic heterocycles. The Bertz CT molecular complexity index is 268. The van der Waals surface area contributed by atoms with Gasteiger partial charge >= 0.3 is 0 Å². The van der Waals surface area contributed by atoms with Crippen LogP contribution in [-0.4, -0.2) is 62.2 Å². The van der Waals surface area contributed by atoms with Gasteiger partial charge in [-0.2, -0.15) is 0 Å². The van der Waals surface area contributed by atoms with Crippen molar-refractivity contribution >= 4 is 0 Å². The van der Waals surface area contributed by atoms with Gasteiger partial charge in [-0.15, -0.1) is 0 Å². The Balaban J connectivity index is 1.86. The second kappa shape index (κ2) is 7.77. The molecule has 1 N–H and O–H groups in total. The maximum atomic E-state index is 3.53. The van der Waals surface area contributed by atoms with Gasteiger partial charge in [0.15, 0.2) is 0 Å². The lowest BCUT2D eigenvalue weighted by Gasteiger charge is -2.41. The van der Waals surface area contributed by atoms with E-state index in [-0.39, 0.29) is 0 Å². The minimum absolute atomic E-state index is 0.588. The van der Waals surface area contributed by atoms with Gasteiger partial charge in [-0.1, -0.05) is 20.3 Å². The van der Waals surface area contributed by atoms with Crippen LogP contribution >= 0.6 is 0 Å². The van der Waals surface area contributed by atoms with Crippen molar-refractivity contribution in [1.29, 1.82) is 0 Å². The van der Waals surface area contributed by atoms with Gasteiger partial charge in [0, 0.05) is 19.1 Å². The van der Waals surface area contributed by atoms with Crippen molar-refractivity contribution in [2.24, 2.45) is 5.41 Å². The molecule has 0 amide bonds. The average Bonchev–Trinajstić information content (AvgIpc) is 2.86. The van der Waals surface area contributed by atoms with E-state index in [1.54, 1.807) is 0 Å². The molecule has 0 aromatic carbocycles. The van der Waals surface area contributed by atoms with Crippen molar-refractivity contribution in [2.45, 2.75) is 58.4 Å². The first-order valence-electron chi connectivity index (χ1n) is 8.82. The molecule has 2 heterocycles. The summed E-state index contributed by atoms with van der Waals surface area (Å²) < 4.78 is 0. The van der Waals surface area contributed by atoms with Crippen molar-refractivity contribution in [1.82, 2.24) is 15.1 Å². The van der Waals surface area contributed by atoms with Crippen LogP contribution in [-0.2, 0) is 0 Å². The van der Waals surface area contributed by atoms with Crippen molar-refractivity contribution in [3.8, 4) is 0 Å². The lowest BCUT2D eigenvalue weighted by molar-refractivity contribution is 0.0981. The van der Waals surface area contributed by atoms with E-state index < -0.39 is 0 Å². The summed E-state index contributed by atoms with van der Waals surface area (Å²) in [6.45, 7) is 12.2. The van der Waals surface area contributed by atoms with Gasteiger partial charge in [0.1, 0.15) is 0 Å². The molecule has 1 unspecified atom stereocenters. The van der Waals surface area contributed by atoms with E-state index in [0.717, 1.165) is 6.04 Å². The SMILES string of the molecule is CCCC1(CN(C)CC2CCCN2CC)CCNCC1. The molecule has 0 aliphatic carbocycles. The fourth-order valence-corrected chi connectivity index (χ4v) is 4.49. The fraction of sp³-hybridized carbons (Fsp3) is 1.00. The maximum absolute atomic E-state index is 3.53. The summed E-state index contributed by atoms with van der Waals surface area (Å²) in [5.74, 6) is 0. The first-order chi connectivity index (χ1) is 9.69. The van der Waals surface area contributed by atoms with Crippen molar-refractivity contribution in [3.63, 3.8) is 0 Å². The number of likely N-dealkylation sites (N-methyl/N-ethyl adjacent to an activating group) is 2. The summed E-state index contributed by atoms with van der Waals surface area (Å²) in [6, 6.07) is 0.811. The molecule has 3 heteroatoms. The molecule has 20 heavy (non-hydrogen) atoms. The van der Waals surface area contributed by atoms with Crippen molar-refractivity contribution in [2.75, 3.05) is 46.3 Å². The molecular weight excluding hydrogens is 246 g/mol. The standard InChI is InChI=1S/C17H35N3/c1-4-8-17(9-11-18-12-10-17)15-19(3)14-16-7-6-13-20(16)5-2/h16,18H,4-15H2,1-3H3. The number of nitrogens with zero attached hydrogens (tertiary/aromatic N) is 2. The molecule has 0 bridgehead atoms. The molecule has 118 valence electrons. The van der Waals surface area contributed by atoms with Gasteiger partial charge in [0.25, 0.3) is 0 Å². The molecule has 0 aromatic heterocycles. The molecular formula is C17H35N3. The van der Waals surface area contributed by atoms with E-state index in [1.807, 2.05) is 0 Å². The Kier molecular flexibility index (Phi) is 6.31. The molecule has 2 rings (SSSR count). The molecule has 3 nitrogen and oxygen atoms in total. The number of piperidine rings is 1. The molecule has 0 saturated carbocycles. The lowest BCUT2D eigenvalue weighted by atomic mass is 9.75. The van der Waals surface area contributed by atoms with Gasteiger partial charge in [0.2, 0.25) is 0 Å². The predicted molar refractivity (Wildman–Crippen MR) is 87.2 cm³/mol. The van der Waals surface area contributed by atoms with Crippen LogP contribution in [0.5, 0.6) is 0 Å². The van der Waals surface area contributed by atoms with Gasteiger partial charge in [-0.3, -0.25) is 4.90 Å². The molecule has 1 atom stereocenters. The third-order valence-corrected chi connectivity index (χ3v) is 5.48. The van der Waals surface area contributed by atoms with Crippen LogP contribution in [0.2, 0.25) is 0 Å². The molecule has 2 aliphatic rings. The Morgan fingerprint density at radius 2 is 2.00 bits per heavy atom. The Labute approximate surface area is 126 Å². The third kappa shape index (κ3) is 4.19. The number of hydrogen-bond acceptors (Lipinski definition) is 3. The van der Waals surface area contributed by atoms with Gasteiger partial charge in [0.05, 0.1) is 0 Å². The molecule has 2 saturated heterocycles. The van der Waals surface area contributed by atoms with Gasteiger partial charge in [-0.25, -0.2) is 0 Å². The highest BCUT2D eigenvalue weighted by Crippen LogP contribution is 2.35. The third-order valence-electron chi connectivity index (χ3n) is 5.48. The second-order valence-electron chi connectivity index (χ2n) is 7.12. The van der Waals surface area contributed by atoms with E-state index in [2.05, 4.69) is 36.0 Å². The summed E-state index contributed by atoms with van der Waals surface area (Å²) in [7, 11) is 2.35. The smallest absolute Gasteiger partial charge is 0.0223 e. The molecule has 2 fully saturated rings. The Morgan fingerprint density at radius 1 is 1.25 bits per heavy atom. The highest BCUT2D eigenvalue weighted by atomic mass is 15.2. The summed E-state index contributed by atoms with van der Waals surface area (Å²) in [4.78, 5) is 5.31. The van der Waals surface area contributed by atoms with E-state index >= 15 is 0 Å². The Hall–Kier alpha value is -0.120. The van der Waals surface area contributed by atoms with Crippen molar-refractivity contribution < 1.29 is 0 Å². The molecule has 0 spiro atoms. The van der Waals surface area contributed by atoms with Gasteiger partial charge < -0.3 is 10.2 Å². The molecule has 0 radical (unpaired) electrons. The van der Waals surface area contributed by atoms with E-state index in [0.29, 0.717) is 5.41 Å². The summed E-state index contributed by atoms with van der Waals surface area (Å²) in [5.41, 5.74) is 0.588. The van der Waals surface area contributed by atoms with Crippen LogP contribution in [0.25, 0.3) is 0 Å². The van der Waals surface area contributed by atoms with E-state index in [4.69, 9.17) is 0 Å². The zero-order chi connectivity index (χ0) is 14.4. The quantitative estimate of drug-likeness (QED) is 0.774. The zero-order valence-corrected chi connectivity index (χ0v) is 14.0.